The number of nitriles is 1. The van der Waals surface area contributed by atoms with Crippen molar-refractivity contribution in [3.05, 3.63) is 29.3 Å². The highest BCUT2D eigenvalue weighted by atomic mass is 19.1. The van der Waals surface area contributed by atoms with Crippen LogP contribution in [-0.2, 0) is 6.54 Å². The van der Waals surface area contributed by atoms with Crippen LogP contribution in [0.2, 0.25) is 0 Å². The van der Waals surface area contributed by atoms with Crippen LogP contribution in [0.5, 0.6) is 5.75 Å². The molecule has 3 nitrogen and oxygen atoms in total. The predicted octanol–water partition coefficient (Wildman–Crippen LogP) is 3.54. The smallest absolute Gasteiger partial charge is 0.190 e. The molecule has 1 aromatic rings. The lowest BCUT2D eigenvalue weighted by Crippen LogP contribution is -2.22. The topological polar surface area (TPSA) is 45.0 Å². The number of rotatable bonds is 8. The van der Waals surface area contributed by atoms with Gasteiger partial charge in [0.15, 0.2) is 17.4 Å². The van der Waals surface area contributed by atoms with Gasteiger partial charge in [-0.3, -0.25) is 0 Å². The minimum absolute atomic E-state index is 0.207. The van der Waals surface area contributed by atoms with E-state index in [1.54, 1.807) is 0 Å². The normalized spacial score (nSPS) is 10.6. The van der Waals surface area contributed by atoms with E-state index in [2.05, 4.69) is 5.32 Å². The number of hydrogen-bond donors (Lipinski definition) is 1. The predicted molar refractivity (Wildman–Crippen MR) is 73.3 cm³/mol. The number of ether oxygens (including phenoxy) is 1. The number of nitrogens with zero attached hydrogens (tertiary/aromatic N) is 1. The Morgan fingerprint density at radius 1 is 1.25 bits per heavy atom. The van der Waals surface area contributed by atoms with Gasteiger partial charge in [0.2, 0.25) is 0 Å². The quantitative estimate of drug-likeness (QED) is 0.742. The number of nitrogens with one attached hydrogen (secondary N) is 1. The fourth-order valence-corrected chi connectivity index (χ4v) is 1.65. The number of halogens is 2. The molecule has 0 aliphatic rings. The third-order valence-corrected chi connectivity index (χ3v) is 2.70. The van der Waals surface area contributed by atoms with Crippen molar-refractivity contribution in [2.45, 2.75) is 45.7 Å². The van der Waals surface area contributed by atoms with Crippen molar-refractivity contribution in [3.63, 3.8) is 0 Å². The molecule has 1 rings (SSSR count). The molecule has 1 N–H and O–H groups in total. The van der Waals surface area contributed by atoms with Gasteiger partial charge < -0.3 is 10.1 Å². The standard InChI is InChI=1S/C15H20F2N2O/c1-11(2)19-10-12-8-13(16)15(14(17)9-12)20-7-5-3-4-6-18/h8-9,11,19H,3-5,7,10H2,1-2H3. The molecule has 110 valence electrons. The molecular formula is C15H20F2N2O. The van der Waals surface area contributed by atoms with Crippen molar-refractivity contribution in [3.8, 4) is 11.8 Å². The summed E-state index contributed by atoms with van der Waals surface area (Å²) in [5.41, 5.74) is 0.547. The van der Waals surface area contributed by atoms with Gasteiger partial charge in [-0.2, -0.15) is 5.26 Å². The summed E-state index contributed by atoms with van der Waals surface area (Å²) in [6.45, 7) is 4.55. The molecule has 0 unspecified atom stereocenters. The number of benzene rings is 1. The number of hydrogen-bond acceptors (Lipinski definition) is 3. The van der Waals surface area contributed by atoms with Crippen LogP contribution >= 0.6 is 0 Å². The molecule has 0 bridgehead atoms. The van der Waals surface area contributed by atoms with Crippen LogP contribution in [0.4, 0.5) is 8.78 Å². The first-order chi connectivity index (χ1) is 9.54. The highest BCUT2D eigenvalue weighted by Crippen LogP contribution is 2.23. The van der Waals surface area contributed by atoms with Crippen molar-refractivity contribution in [2.75, 3.05) is 6.61 Å². The van der Waals surface area contributed by atoms with E-state index in [1.165, 1.54) is 12.1 Å². The maximum Gasteiger partial charge on any atom is 0.190 e. The zero-order valence-electron chi connectivity index (χ0n) is 11.9. The van der Waals surface area contributed by atoms with E-state index in [9.17, 15) is 8.78 Å². The second kappa shape index (κ2) is 8.49. The first-order valence-electron chi connectivity index (χ1n) is 6.75. The van der Waals surface area contributed by atoms with Crippen LogP contribution in [0.25, 0.3) is 0 Å². The van der Waals surface area contributed by atoms with Crippen molar-refractivity contribution in [1.82, 2.24) is 5.32 Å². The summed E-state index contributed by atoms with van der Waals surface area (Å²) in [6.07, 6.45) is 1.69. The van der Waals surface area contributed by atoms with E-state index in [1.807, 2.05) is 19.9 Å². The molecule has 0 saturated carbocycles. The molecular weight excluding hydrogens is 262 g/mol. The summed E-state index contributed by atoms with van der Waals surface area (Å²) in [6, 6.07) is 4.82. The van der Waals surface area contributed by atoms with E-state index >= 15 is 0 Å². The van der Waals surface area contributed by atoms with Crippen molar-refractivity contribution < 1.29 is 13.5 Å². The van der Waals surface area contributed by atoms with E-state index in [-0.39, 0.29) is 18.4 Å². The summed E-state index contributed by atoms with van der Waals surface area (Å²) in [5, 5.41) is 11.5. The largest absolute Gasteiger partial charge is 0.488 e. The fraction of sp³-hybridized carbons (Fsp3) is 0.533. The molecule has 0 heterocycles. The van der Waals surface area contributed by atoms with Gasteiger partial charge in [-0.05, 0) is 30.5 Å². The van der Waals surface area contributed by atoms with Crippen LogP contribution in [0.3, 0.4) is 0 Å². The number of unbranched alkanes of at least 4 members (excludes halogenated alkanes) is 2. The second-order valence-corrected chi connectivity index (χ2v) is 4.89. The Labute approximate surface area is 118 Å². The third-order valence-electron chi connectivity index (χ3n) is 2.70. The Morgan fingerprint density at radius 2 is 1.90 bits per heavy atom. The molecule has 0 fully saturated rings. The van der Waals surface area contributed by atoms with Gasteiger partial charge in [-0.15, -0.1) is 0 Å². The fourth-order valence-electron chi connectivity index (χ4n) is 1.65. The Morgan fingerprint density at radius 3 is 2.45 bits per heavy atom. The zero-order chi connectivity index (χ0) is 15.0. The van der Waals surface area contributed by atoms with Gasteiger partial charge >= 0.3 is 0 Å². The maximum absolute atomic E-state index is 13.8. The van der Waals surface area contributed by atoms with Crippen LogP contribution in [0, 0.1) is 23.0 Å². The first kappa shape index (κ1) is 16.4. The molecule has 0 aliphatic heterocycles. The maximum atomic E-state index is 13.8. The summed E-state index contributed by atoms with van der Waals surface area (Å²) in [7, 11) is 0. The minimum atomic E-state index is -0.689. The van der Waals surface area contributed by atoms with Gasteiger partial charge in [-0.1, -0.05) is 13.8 Å². The molecule has 0 spiro atoms. The molecule has 0 aromatic heterocycles. The molecule has 0 amide bonds. The highest BCUT2D eigenvalue weighted by Gasteiger charge is 2.12. The van der Waals surface area contributed by atoms with Gasteiger partial charge in [0, 0.05) is 19.0 Å². The molecule has 0 saturated heterocycles. The molecule has 1 aromatic carbocycles. The molecule has 5 heteroatoms. The lowest BCUT2D eigenvalue weighted by molar-refractivity contribution is 0.277. The summed E-state index contributed by atoms with van der Waals surface area (Å²) in [5.74, 6) is -1.72. The van der Waals surface area contributed by atoms with Gasteiger partial charge in [-0.25, -0.2) is 8.78 Å². The SMILES string of the molecule is CC(C)NCc1cc(F)c(OCCCCC#N)c(F)c1. The summed E-state index contributed by atoms with van der Waals surface area (Å²) in [4.78, 5) is 0. The van der Waals surface area contributed by atoms with Crippen molar-refractivity contribution in [1.29, 1.82) is 5.26 Å². The van der Waals surface area contributed by atoms with Crippen LogP contribution in [-0.4, -0.2) is 12.6 Å². The average Bonchev–Trinajstić information content (AvgIpc) is 2.38. The Bertz CT molecular complexity index is 446. The Hall–Kier alpha value is -1.67. The second-order valence-electron chi connectivity index (χ2n) is 4.89. The minimum Gasteiger partial charge on any atom is -0.488 e. The van der Waals surface area contributed by atoms with Crippen LogP contribution in [0.1, 0.15) is 38.7 Å². The summed E-state index contributed by atoms with van der Waals surface area (Å²) >= 11 is 0. The van der Waals surface area contributed by atoms with Crippen molar-refractivity contribution in [2.24, 2.45) is 0 Å². The van der Waals surface area contributed by atoms with Crippen LogP contribution in [0.15, 0.2) is 12.1 Å². The lowest BCUT2D eigenvalue weighted by atomic mass is 10.2. The van der Waals surface area contributed by atoms with Gasteiger partial charge in [0.1, 0.15) is 0 Å². The lowest BCUT2D eigenvalue weighted by Gasteiger charge is -2.11. The van der Waals surface area contributed by atoms with Crippen LogP contribution < -0.4 is 10.1 Å². The molecule has 0 aliphatic carbocycles. The Kier molecular flexibility index (Phi) is 6.96. The van der Waals surface area contributed by atoms with Gasteiger partial charge in [0.05, 0.1) is 12.7 Å². The highest BCUT2D eigenvalue weighted by molar-refractivity contribution is 5.31. The first-order valence-corrected chi connectivity index (χ1v) is 6.75. The van der Waals surface area contributed by atoms with E-state index in [4.69, 9.17) is 10.00 Å². The molecule has 0 radical (unpaired) electrons. The average molecular weight is 282 g/mol. The third kappa shape index (κ3) is 5.54. The van der Waals surface area contributed by atoms with E-state index < -0.39 is 11.6 Å². The molecule has 0 atom stereocenters. The van der Waals surface area contributed by atoms with Crippen molar-refractivity contribution >= 4 is 0 Å². The monoisotopic (exact) mass is 282 g/mol. The Balaban J connectivity index is 2.58. The van der Waals surface area contributed by atoms with E-state index in [0.717, 1.165) is 0 Å². The molecule has 20 heavy (non-hydrogen) atoms. The van der Waals surface area contributed by atoms with E-state index in [0.29, 0.717) is 31.4 Å². The van der Waals surface area contributed by atoms with Gasteiger partial charge in [0.25, 0.3) is 0 Å². The summed E-state index contributed by atoms with van der Waals surface area (Å²) < 4.78 is 32.6. The zero-order valence-corrected chi connectivity index (χ0v) is 11.9.